The highest BCUT2D eigenvalue weighted by atomic mass is 15.9. The molecule has 0 radical (unpaired) electrons. The van der Waals surface area contributed by atoms with Crippen LogP contribution in [0, 0.1) is 0 Å². The first kappa shape index (κ1) is 22.2. The van der Waals surface area contributed by atoms with Crippen molar-refractivity contribution in [1.82, 2.24) is 26.5 Å². The second-order valence-corrected chi connectivity index (χ2v) is 7.12. The number of hydrazine groups is 4. The van der Waals surface area contributed by atoms with E-state index in [0.717, 1.165) is 25.3 Å². The van der Waals surface area contributed by atoms with Gasteiger partial charge in [0.1, 0.15) is 0 Å². The summed E-state index contributed by atoms with van der Waals surface area (Å²) in [5, 5.41) is 7.00. The maximum absolute atomic E-state index is 5.91. The highest BCUT2D eigenvalue weighted by Gasteiger charge is 2.14. The van der Waals surface area contributed by atoms with Gasteiger partial charge < -0.3 is 5.32 Å². The van der Waals surface area contributed by atoms with Crippen LogP contribution >= 0.6 is 0 Å². The predicted octanol–water partition coefficient (Wildman–Crippen LogP) is 3.55. The molecule has 6 heteroatoms. The van der Waals surface area contributed by atoms with Gasteiger partial charge in [-0.3, -0.25) is 0 Å². The zero-order valence-electron chi connectivity index (χ0n) is 16.7. The van der Waals surface area contributed by atoms with Gasteiger partial charge in [0.2, 0.25) is 0 Å². The topological polar surface area (TPSA) is 68.6 Å². The highest BCUT2D eigenvalue weighted by molar-refractivity contribution is 5.02. The minimum atomic E-state index is 0.805. The predicted molar refractivity (Wildman–Crippen MR) is 107 cm³/mol. The van der Waals surface area contributed by atoms with Crippen molar-refractivity contribution in [3.05, 3.63) is 11.9 Å². The van der Waals surface area contributed by atoms with Gasteiger partial charge in [0.15, 0.2) is 0 Å². The average Bonchev–Trinajstić information content (AvgIpc) is 2.60. The van der Waals surface area contributed by atoms with Crippen LogP contribution in [0.3, 0.4) is 0 Å². The van der Waals surface area contributed by atoms with Gasteiger partial charge in [0, 0.05) is 18.8 Å². The molecule has 0 bridgehead atoms. The molecular formula is C19H42N6. The van der Waals surface area contributed by atoms with E-state index in [0.29, 0.717) is 0 Å². The zero-order chi connectivity index (χ0) is 18.2. The summed E-state index contributed by atoms with van der Waals surface area (Å²) < 4.78 is 0. The van der Waals surface area contributed by atoms with Crippen molar-refractivity contribution in [2.75, 3.05) is 19.6 Å². The molecule has 0 aliphatic carbocycles. The van der Waals surface area contributed by atoms with Crippen molar-refractivity contribution in [1.29, 1.82) is 0 Å². The van der Waals surface area contributed by atoms with E-state index in [1.54, 1.807) is 0 Å². The van der Waals surface area contributed by atoms with Gasteiger partial charge in [-0.2, -0.15) is 5.12 Å². The Morgan fingerprint density at radius 1 is 0.880 bits per heavy atom. The maximum atomic E-state index is 5.91. The van der Waals surface area contributed by atoms with Crippen LogP contribution in [-0.2, 0) is 0 Å². The number of nitrogens with one attached hydrogen (secondary N) is 3. The van der Waals surface area contributed by atoms with Gasteiger partial charge >= 0.3 is 0 Å². The molecule has 0 atom stereocenters. The van der Waals surface area contributed by atoms with Crippen molar-refractivity contribution in [3.63, 3.8) is 0 Å². The van der Waals surface area contributed by atoms with Crippen molar-refractivity contribution < 1.29 is 0 Å². The van der Waals surface area contributed by atoms with Gasteiger partial charge in [-0.25, -0.2) is 16.4 Å². The summed E-state index contributed by atoms with van der Waals surface area (Å²) in [6, 6.07) is 0. The SMILES string of the molecule is CCCCCCCCNC1=CN(N)NN(NCCCCCCCC)C1. The van der Waals surface area contributed by atoms with E-state index in [2.05, 4.69) is 30.1 Å². The van der Waals surface area contributed by atoms with Gasteiger partial charge in [-0.05, 0) is 12.8 Å². The van der Waals surface area contributed by atoms with E-state index in [1.165, 1.54) is 82.2 Å². The third kappa shape index (κ3) is 12.2. The molecule has 0 fully saturated rings. The fourth-order valence-electron chi connectivity index (χ4n) is 3.05. The number of nitrogens with zero attached hydrogens (tertiary/aromatic N) is 2. The summed E-state index contributed by atoms with van der Waals surface area (Å²) in [6.45, 7) is 7.33. The molecule has 1 aliphatic heterocycles. The van der Waals surface area contributed by atoms with Gasteiger partial charge in [0.05, 0.1) is 12.7 Å². The molecule has 25 heavy (non-hydrogen) atoms. The van der Waals surface area contributed by atoms with Crippen LogP contribution in [0.2, 0.25) is 0 Å². The van der Waals surface area contributed by atoms with E-state index in [4.69, 9.17) is 5.84 Å². The third-order valence-corrected chi connectivity index (χ3v) is 4.57. The van der Waals surface area contributed by atoms with E-state index in [1.807, 2.05) is 11.3 Å². The summed E-state index contributed by atoms with van der Waals surface area (Å²) in [4.78, 5) is 0. The number of hydrogen-bond donors (Lipinski definition) is 4. The molecule has 0 saturated carbocycles. The Hall–Kier alpha value is -0.820. The van der Waals surface area contributed by atoms with Gasteiger partial charge in [0.25, 0.3) is 0 Å². The molecule has 0 unspecified atom stereocenters. The smallest absolute Gasteiger partial charge is 0.0720 e. The summed E-state index contributed by atoms with van der Waals surface area (Å²) >= 11 is 0. The van der Waals surface area contributed by atoms with Crippen LogP contribution in [0.25, 0.3) is 0 Å². The fraction of sp³-hybridized carbons (Fsp3) is 0.895. The number of nitrogens with two attached hydrogens (primary N) is 1. The lowest BCUT2D eigenvalue weighted by atomic mass is 10.1. The Morgan fingerprint density at radius 3 is 2.08 bits per heavy atom. The number of rotatable bonds is 16. The lowest BCUT2D eigenvalue weighted by molar-refractivity contribution is 0.00265. The van der Waals surface area contributed by atoms with Crippen LogP contribution < -0.4 is 22.1 Å². The Balaban J connectivity index is 2.06. The molecule has 0 spiro atoms. The van der Waals surface area contributed by atoms with Crippen LogP contribution in [0.15, 0.2) is 11.9 Å². The third-order valence-electron chi connectivity index (χ3n) is 4.57. The van der Waals surface area contributed by atoms with E-state index < -0.39 is 0 Å². The first-order valence-corrected chi connectivity index (χ1v) is 10.5. The lowest BCUT2D eigenvalue weighted by Gasteiger charge is -2.34. The van der Waals surface area contributed by atoms with Crippen molar-refractivity contribution in [2.24, 2.45) is 5.84 Å². The molecule has 1 aliphatic rings. The minimum Gasteiger partial charge on any atom is -0.386 e. The quantitative estimate of drug-likeness (QED) is 0.251. The Bertz CT molecular complexity index is 334. The minimum absolute atomic E-state index is 0.805. The van der Waals surface area contributed by atoms with Crippen LogP contribution in [0.4, 0.5) is 0 Å². The van der Waals surface area contributed by atoms with Crippen LogP contribution in [-0.4, -0.2) is 29.9 Å². The summed E-state index contributed by atoms with van der Waals surface area (Å²) in [7, 11) is 0. The van der Waals surface area contributed by atoms with Crippen molar-refractivity contribution >= 4 is 0 Å². The molecule has 0 aromatic heterocycles. The lowest BCUT2D eigenvalue weighted by Crippen LogP contribution is -2.60. The first-order valence-electron chi connectivity index (χ1n) is 10.5. The van der Waals surface area contributed by atoms with Gasteiger partial charge in [-0.15, -0.1) is 5.53 Å². The second-order valence-electron chi connectivity index (χ2n) is 7.12. The molecule has 1 heterocycles. The van der Waals surface area contributed by atoms with E-state index >= 15 is 0 Å². The summed E-state index contributed by atoms with van der Waals surface area (Å²) in [5.74, 6) is 5.91. The van der Waals surface area contributed by atoms with E-state index in [9.17, 15) is 0 Å². The average molecular weight is 355 g/mol. The molecule has 0 aromatic rings. The normalized spacial score (nSPS) is 15.5. The first-order chi connectivity index (χ1) is 12.3. The summed E-state index contributed by atoms with van der Waals surface area (Å²) in [6.07, 6.45) is 17.8. The molecule has 0 amide bonds. The molecule has 6 nitrogen and oxygen atoms in total. The van der Waals surface area contributed by atoms with Crippen molar-refractivity contribution in [2.45, 2.75) is 90.9 Å². The number of unbranched alkanes of at least 4 members (excludes halogenated alkanes) is 10. The standard InChI is InChI=1S/C19H42N6/c1-3-5-7-9-11-13-15-21-19-17-24(20)23-25(18-19)22-16-14-12-10-8-6-4-2/h17,21-23H,3-16,18,20H2,1-2H3. The molecule has 1 rings (SSSR count). The Kier molecular flexibility index (Phi) is 13.7. The Morgan fingerprint density at radius 2 is 1.44 bits per heavy atom. The molecule has 5 N–H and O–H groups in total. The molecule has 148 valence electrons. The van der Waals surface area contributed by atoms with Crippen LogP contribution in [0.1, 0.15) is 90.9 Å². The monoisotopic (exact) mass is 354 g/mol. The highest BCUT2D eigenvalue weighted by Crippen LogP contribution is 2.06. The van der Waals surface area contributed by atoms with Crippen molar-refractivity contribution in [3.8, 4) is 0 Å². The second kappa shape index (κ2) is 15.4. The van der Waals surface area contributed by atoms with Crippen LogP contribution in [0.5, 0.6) is 0 Å². The summed E-state index contributed by atoms with van der Waals surface area (Å²) in [5.41, 5.74) is 7.67. The largest absolute Gasteiger partial charge is 0.386 e. The maximum Gasteiger partial charge on any atom is 0.0720 e. The zero-order valence-corrected chi connectivity index (χ0v) is 16.7. The molecular weight excluding hydrogens is 312 g/mol. The van der Waals surface area contributed by atoms with E-state index in [-0.39, 0.29) is 0 Å². The fourth-order valence-corrected chi connectivity index (χ4v) is 3.05. The molecule has 0 aromatic carbocycles. The Labute approximate surface area is 155 Å². The molecule has 0 saturated heterocycles. The number of hydrogen-bond acceptors (Lipinski definition) is 6. The van der Waals surface area contributed by atoms with Gasteiger partial charge in [-0.1, -0.05) is 78.1 Å².